The Labute approximate surface area is 284 Å². The van der Waals surface area contributed by atoms with Crippen molar-refractivity contribution in [2.24, 2.45) is 17.6 Å². The number of methoxy groups -OCH3 is 1. The highest BCUT2D eigenvalue weighted by atomic mass is 35.5. The van der Waals surface area contributed by atoms with E-state index in [1.54, 1.807) is 26.2 Å². The molecule has 0 aromatic heterocycles. The quantitative estimate of drug-likeness (QED) is 0.0919. The number of nitrogens with one attached hydrogen (secondary N) is 2. The maximum atomic E-state index is 13.5. The molecular weight excluding hydrogens is 621 g/mol. The summed E-state index contributed by atoms with van der Waals surface area (Å²) in [5.74, 6) is -0.167. The monoisotopic (exact) mass is 671 g/mol. The fourth-order valence-electron chi connectivity index (χ4n) is 5.19. The Hall–Kier alpha value is -3.21. The molecule has 3 rings (SSSR count). The van der Waals surface area contributed by atoms with Gasteiger partial charge in [-0.1, -0.05) is 56.1 Å². The SMILES string of the molecule is CC[C@H](C)C(CNc1ccc(Cl)cc1)NC(=O)[C@@H](CCC(N)COCc1ccc(-c2ccc(F)cc2)c(OCCCOC)c1)C(C)O. The van der Waals surface area contributed by atoms with E-state index in [2.05, 4.69) is 24.5 Å². The highest BCUT2D eigenvalue weighted by Crippen LogP contribution is 2.32. The summed E-state index contributed by atoms with van der Waals surface area (Å²) in [5, 5.41) is 17.7. The summed E-state index contributed by atoms with van der Waals surface area (Å²) in [6.45, 7) is 8.06. The summed E-state index contributed by atoms with van der Waals surface area (Å²) < 4.78 is 30.7. The molecule has 8 nitrogen and oxygen atoms in total. The van der Waals surface area contributed by atoms with Crippen LogP contribution in [0.1, 0.15) is 52.0 Å². The van der Waals surface area contributed by atoms with Crippen LogP contribution in [0.2, 0.25) is 5.02 Å². The molecule has 0 radical (unpaired) electrons. The number of carbonyl (C=O) groups excluding carboxylic acids is 1. The number of hydrogen-bond donors (Lipinski definition) is 4. The lowest BCUT2D eigenvalue weighted by Crippen LogP contribution is -2.48. The molecule has 0 bridgehead atoms. The van der Waals surface area contributed by atoms with Gasteiger partial charge in [-0.2, -0.15) is 0 Å². The first-order chi connectivity index (χ1) is 22.6. The fraction of sp³-hybridized carbons (Fsp3) is 0.486. The zero-order chi connectivity index (χ0) is 34.2. The van der Waals surface area contributed by atoms with Gasteiger partial charge in [-0.05, 0) is 79.3 Å². The Morgan fingerprint density at radius 3 is 2.40 bits per heavy atom. The van der Waals surface area contributed by atoms with Crippen LogP contribution in [-0.4, -0.2) is 62.7 Å². The molecule has 0 aliphatic heterocycles. The van der Waals surface area contributed by atoms with E-state index in [1.165, 1.54) is 12.1 Å². The average molecular weight is 672 g/mol. The molecule has 3 aromatic carbocycles. The summed E-state index contributed by atoms with van der Waals surface area (Å²) in [4.78, 5) is 13.3. The number of halogens is 2. The fourth-order valence-corrected chi connectivity index (χ4v) is 5.32. The number of rotatable bonds is 21. The first-order valence-corrected chi connectivity index (χ1v) is 16.8. The van der Waals surface area contributed by atoms with Gasteiger partial charge in [-0.25, -0.2) is 4.39 Å². The lowest BCUT2D eigenvalue weighted by atomic mass is 9.92. The van der Waals surface area contributed by atoms with Crippen LogP contribution in [0.25, 0.3) is 11.1 Å². The van der Waals surface area contributed by atoms with Crippen LogP contribution in [0, 0.1) is 17.7 Å². The van der Waals surface area contributed by atoms with Crippen molar-refractivity contribution in [2.45, 2.75) is 71.2 Å². The van der Waals surface area contributed by atoms with E-state index < -0.39 is 12.0 Å². The molecule has 10 heteroatoms. The van der Waals surface area contributed by atoms with Crippen molar-refractivity contribution >= 4 is 23.2 Å². The minimum Gasteiger partial charge on any atom is -0.493 e. The number of anilines is 1. The van der Waals surface area contributed by atoms with Gasteiger partial charge in [-0.3, -0.25) is 4.79 Å². The van der Waals surface area contributed by atoms with Crippen molar-refractivity contribution in [1.82, 2.24) is 5.32 Å². The van der Waals surface area contributed by atoms with Crippen molar-refractivity contribution in [1.29, 1.82) is 0 Å². The highest BCUT2D eigenvalue weighted by Gasteiger charge is 2.28. The number of nitrogens with two attached hydrogens (primary N) is 1. The highest BCUT2D eigenvalue weighted by molar-refractivity contribution is 6.30. The Morgan fingerprint density at radius 2 is 1.74 bits per heavy atom. The normalized spacial score (nSPS) is 14.6. The lowest BCUT2D eigenvalue weighted by Gasteiger charge is -2.29. The van der Waals surface area contributed by atoms with Gasteiger partial charge in [0, 0.05) is 55.0 Å². The standard InChI is InChI=1S/C37H51ClFN3O5/c1-5-25(2)35(22-41-32-15-10-29(38)11-16-32)42-37(44)33(26(3)43)18-14-31(40)24-46-23-27-7-17-34(28-8-12-30(39)13-9-28)36(21-27)47-20-6-19-45-4/h7-13,15-17,21,25-26,31,33,35,41,43H,5-6,14,18-20,22-24,40H2,1-4H3,(H,42,44)/t25-,26?,31?,33-,35?/m0/s1. The summed E-state index contributed by atoms with van der Waals surface area (Å²) in [6.07, 6.45) is 1.74. The Morgan fingerprint density at radius 1 is 1.02 bits per heavy atom. The second-order valence-electron chi connectivity index (χ2n) is 12.1. The zero-order valence-electron chi connectivity index (χ0n) is 28.0. The van der Waals surface area contributed by atoms with Crippen molar-refractivity contribution in [3.05, 3.63) is 83.1 Å². The molecule has 1 amide bonds. The van der Waals surface area contributed by atoms with Gasteiger partial charge in [0.05, 0.1) is 31.8 Å². The van der Waals surface area contributed by atoms with Crippen LogP contribution in [-0.2, 0) is 20.9 Å². The van der Waals surface area contributed by atoms with Gasteiger partial charge in [0.25, 0.3) is 0 Å². The number of carbonyl (C=O) groups is 1. The smallest absolute Gasteiger partial charge is 0.225 e. The molecule has 3 aromatic rings. The largest absolute Gasteiger partial charge is 0.493 e. The summed E-state index contributed by atoms with van der Waals surface area (Å²) >= 11 is 6.00. The van der Waals surface area contributed by atoms with Crippen molar-refractivity contribution in [3.8, 4) is 16.9 Å². The molecule has 3 unspecified atom stereocenters. The number of aliphatic hydroxyl groups excluding tert-OH is 1. The molecule has 258 valence electrons. The summed E-state index contributed by atoms with van der Waals surface area (Å²) in [7, 11) is 1.65. The van der Waals surface area contributed by atoms with E-state index in [9.17, 15) is 14.3 Å². The molecule has 0 aliphatic rings. The predicted molar refractivity (Wildman–Crippen MR) is 187 cm³/mol. The van der Waals surface area contributed by atoms with Gasteiger partial charge in [0.15, 0.2) is 0 Å². The van der Waals surface area contributed by atoms with Gasteiger partial charge >= 0.3 is 0 Å². The molecule has 0 fully saturated rings. The van der Waals surface area contributed by atoms with Crippen LogP contribution >= 0.6 is 11.6 Å². The maximum absolute atomic E-state index is 13.5. The first-order valence-electron chi connectivity index (χ1n) is 16.4. The molecule has 5 atom stereocenters. The molecule has 47 heavy (non-hydrogen) atoms. The zero-order valence-corrected chi connectivity index (χ0v) is 28.8. The van der Waals surface area contributed by atoms with Crippen molar-refractivity contribution < 1.29 is 28.5 Å². The third kappa shape index (κ3) is 13.1. The van der Waals surface area contributed by atoms with Gasteiger partial charge in [0.1, 0.15) is 11.6 Å². The number of hydrogen-bond acceptors (Lipinski definition) is 7. The van der Waals surface area contributed by atoms with Crippen molar-refractivity contribution in [3.63, 3.8) is 0 Å². The summed E-state index contributed by atoms with van der Waals surface area (Å²) in [6, 6.07) is 19.2. The third-order valence-corrected chi connectivity index (χ3v) is 8.60. The Kier molecular flexibility index (Phi) is 16.5. The summed E-state index contributed by atoms with van der Waals surface area (Å²) in [5.41, 5.74) is 9.94. The van der Waals surface area contributed by atoms with Crippen LogP contribution in [0.15, 0.2) is 66.7 Å². The van der Waals surface area contributed by atoms with Crippen LogP contribution < -0.4 is 21.1 Å². The predicted octanol–water partition coefficient (Wildman–Crippen LogP) is 6.83. The van der Waals surface area contributed by atoms with Gasteiger partial charge in [0.2, 0.25) is 5.91 Å². The van der Waals surface area contributed by atoms with E-state index in [0.717, 1.165) is 35.2 Å². The molecule has 0 aliphatic carbocycles. The van der Waals surface area contributed by atoms with E-state index in [1.807, 2.05) is 42.5 Å². The second-order valence-corrected chi connectivity index (χ2v) is 12.6. The molecule has 0 heterocycles. The second kappa shape index (κ2) is 20.2. The number of aliphatic hydroxyl groups is 1. The molecule has 0 saturated carbocycles. The molecular formula is C37H51ClFN3O5. The van der Waals surface area contributed by atoms with Gasteiger partial charge < -0.3 is 35.7 Å². The number of amides is 1. The Bertz CT molecular complexity index is 1340. The van der Waals surface area contributed by atoms with Crippen molar-refractivity contribution in [2.75, 3.05) is 38.8 Å². The van der Waals surface area contributed by atoms with Crippen LogP contribution in [0.5, 0.6) is 5.75 Å². The molecule has 5 N–H and O–H groups in total. The minimum absolute atomic E-state index is 0.121. The van der Waals surface area contributed by atoms with E-state index in [0.29, 0.717) is 56.6 Å². The van der Waals surface area contributed by atoms with E-state index in [-0.39, 0.29) is 29.7 Å². The van der Waals surface area contributed by atoms with E-state index >= 15 is 0 Å². The molecule has 0 spiro atoms. The minimum atomic E-state index is -0.827. The topological polar surface area (TPSA) is 115 Å². The Balaban J connectivity index is 1.53. The average Bonchev–Trinajstić information content (AvgIpc) is 3.06. The lowest BCUT2D eigenvalue weighted by molar-refractivity contribution is -0.129. The number of ether oxygens (including phenoxy) is 3. The first kappa shape index (κ1) is 38.2. The van der Waals surface area contributed by atoms with Crippen LogP contribution in [0.4, 0.5) is 10.1 Å². The van der Waals surface area contributed by atoms with Gasteiger partial charge in [-0.15, -0.1) is 0 Å². The van der Waals surface area contributed by atoms with Crippen LogP contribution in [0.3, 0.4) is 0 Å². The molecule has 0 saturated heterocycles. The maximum Gasteiger partial charge on any atom is 0.225 e. The number of benzene rings is 3. The van der Waals surface area contributed by atoms with E-state index in [4.69, 9.17) is 31.5 Å². The third-order valence-electron chi connectivity index (χ3n) is 8.35.